The molecule has 0 saturated carbocycles. The number of nitrogens with one attached hydrogen (secondary N) is 3. The Morgan fingerprint density at radius 1 is 0.774 bits per heavy atom. The Balaban J connectivity index is 0.992. The Bertz CT molecular complexity index is 2650. The lowest BCUT2D eigenvalue weighted by Crippen LogP contribution is -2.56. The number of rotatable bonds is 11. The number of ether oxygens (including phenoxy) is 3. The third-order valence-corrected chi connectivity index (χ3v) is 12.4. The highest BCUT2D eigenvalue weighted by Crippen LogP contribution is 2.37. The molecule has 3 aromatic carbocycles. The SMILES string of the molecule is COC(=O)N[C@H](C(=O)N1CCC[C@H]1c1ncc(-c2ccc3oc4cc(-c5ccc6c(c5)CC([C@@H]5CCCN5C(=O)[C@@H](NC(=O)OC)[C@@H](C)OC)=N6)ccc4c(=O)c3c2)[nH]1)C(C)C. The molecule has 3 N–H and O–H groups in total. The number of carbonyl (C=O) groups is 4. The molecule has 0 aliphatic carbocycles. The number of hydrogen-bond acceptors (Lipinski definition) is 11. The molecule has 5 aromatic rings. The molecule has 5 heterocycles. The zero-order chi connectivity index (χ0) is 43.8. The van der Waals surface area contributed by atoms with Gasteiger partial charge in [0, 0.05) is 37.9 Å². The summed E-state index contributed by atoms with van der Waals surface area (Å²) in [6.45, 7) is 6.57. The van der Waals surface area contributed by atoms with Crippen molar-refractivity contribution >= 4 is 57.3 Å². The number of likely N-dealkylation sites (tertiary alicyclic amines) is 2. The Morgan fingerprint density at radius 2 is 1.42 bits per heavy atom. The van der Waals surface area contributed by atoms with E-state index in [0.717, 1.165) is 52.9 Å². The molecule has 62 heavy (non-hydrogen) atoms. The van der Waals surface area contributed by atoms with Gasteiger partial charge in [-0.1, -0.05) is 26.0 Å². The maximum Gasteiger partial charge on any atom is 0.407 e. The van der Waals surface area contributed by atoms with Crippen molar-refractivity contribution in [3.63, 3.8) is 0 Å². The number of H-pyrrole nitrogens is 1. The van der Waals surface area contributed by atoms with E-state index in [0.29, 0.717) is 59.4 Å². The van der Waals surface area contributed by atoms with Crippen LogP contribution in [0.25, 0.3) is 44.3 Å². The minimum atomic E-state index is -0.905. The predicted molar refractivity (Wildman–Crippen MR) is 232 cm³/mol. The van der Waals surface area contributed by atoms with Crippen molar-refractivity contribution in [2.75, 3.05) is 34.4 Å². The van der Waals surface area contributed by atoms with Crippen LogP contribution in [0.3, 0.4) is 0 Å². The fourth-order valence-corrected chi connectivity index (χ4v) is 8.90. The fourth-order valence-electron chi connectivity index (χ4n) is 8.90. The molecule has 0 radical (unpaired) electrons. The zero-order valence-electron chi connectivity index (χ0n) is 35.7. The van der Waals surface area contributed by atoms with Gasteiger partial charge in [0.25, 0.3) is 0 Å². The number of hydrogen-bond donors (Lipinski definition) is 3. The Labute approximate surface area is 358 Å². The van der Waals surface area contributed by atoms with Gasteiger partial charge in [-0.15, -0.1) is 0 Å². The van der Waals surface area contributed by atoms with E-state index in [2.05, 4.69) is 26.7 Å². The number of aromatic nitrogens is 2. The van der Waals surface area contributed by atoms with Gasteiger partial charge in [-0.25, -0.2) is 14.6 Å². The number of imidazole rings is 1. The molecule has 16 nitrogen and oxygen atoms in total. The molecule has 324 valence electrons. The summed E-state index contributed by atoms with van der Waals surface area (Å²) in [6, 6.07) is 14.9. The monoisotopic (exact) mass is 845 g/mol. The molecule has 8 rings (SSSR count). The van der Waals surface area contributed by atoms with Gasteiger partial charge >= 0.3 is 12.2 Å². The minimum Gasteiger partial charge on any atom is -0.456 e. The van der Waals surface area contributed by atoms with Gasteiger partial charge in [-0.3, -0.25) is 19.4 Å². The van der Waals surface area contributed by atoms with Gasteiger partial charge in [0.05, 0.1) is 60.8 Å². The van der Waals surface area contributed by atoms with E-state index in [1.807, 2.05) is 44.2 Å². The first-order valence-electron chi connectivity index (χ1n) is 21.0. The van der Waals surface area contributed by atoms with Crippen molar-refractivity contribution in [3.05, 3.63) is 82.4 Å². The molecular formula is C46H51N7O9. The maximum atomic E-state index is 14.0. The quantitative estimate of drug-likeness (QED) is 0.125. The van der Waals surface area contributed by atoms with Gasteiger partial charge in [0.15, 0.2) is 0 Å². The molecular weight excluding hydrogens is 795 g/mol. The summed E-state index contributed by atoms with van der Waals surface area (Å²) >= 11 is 0. The average molecular weight is 846 g/mol. The van der Waals surface area contributed by atoms with Crippen LogP contribution in [0.4, 0.5) is 15.3 Å². The van der Waals surface area contributed by atoms with Crippen molar-refractivity contribution in [3.8, 4) is 22.4 Å². The molecule has 16 heteroatoms. The van der Waals surface area contributed by atoms with Crippen molar-refractivity contribution < 1.29 is 37.8 Å². The number of nitrogens with zero attached hydrogens (tertiary/aromatic N) is 4. The van der Waals surface area contributed by atoms with Crippen LogP contribution in [0, 0.1) is 5.92 Å². The normalized spacial score (nSPS) is 18.7. The van der Waals surface area contributed by atoms with E-state index >= 15 is 0 Å². The van der Waals surface area contributed by atoms with Crippen LogP contribution in [0.2, 0.25) is 0 Å². The summed E-state index contributed by atoms with van der Waals surface area (Å²) in [5.74, 6) is 0.0527. The predicted octanol–water partition coefficient (Wildman–Crippen LogP) is 6.43. The smallest absolute Gasteiger partial charge is 0.407 e. The van der Waals surface area contributed by atoms with Crippen molar-refractivity contribution in [2.24, 2.45) is 10.9 Å². The number of methoxy groups -OCH3 is 3. The summed E-state index contributed by atoms with van der Waals surface area (Å²) in [5, 5.41) is 6.19. The second-order valence-electron chi connectivity index (χ2n) is 16.4. The number of benzene rings is 3. The summed E-state index contributed by atoms with van der Waals surface area (Å²) in [4.78, 5) is 82.0. The van der Waals surface area contributed by atoms with E-state index in [-0.39, 0.29) is 35.2 Å². The molecule has 3 aliphatic heterocycles. The highest BCUT2D eigenvalue weighted by molar-refractivity contribution is 6.01. The van der Waals surface area contributed by atoms with E-state index in [1.165, 1.54) is 21.3 Å². The van der Waals surface area contributed by atoms with Crippen LogP contribution in [0.1, 0.15) is 63.9 Å². The van der Waals surface area contributed by atoms with E-state index in [1.54, 1.807) is 41.1 Å². The van der Waals surface area contributed by atoms with E-state index in [9.17, 15) is 24.0 Å². The first kappa shape index (κ1) is 42.2. The number of alkyl carbamates (subject to hydrolysis) is 2. The lowest BCUT2D eigenvalue weighted by molar-refractivity contribution is -0.136. The first-order valence-corrected chi connectivity index (χ1v) is 21.0. The molecule has 2 aromatic heterocycles. The summed E-state index contributed by atoms with van der Waals surface area (Å²) in [6.07, 6.45) is 3.44. The zero-order valence-corrected chi connectivity index (χ0v) is 35.7. The van der Waals surface area contributed by atoms with Gasteiger partial charge < -0.3 is 44.0 Å². The fraction of sp³-hybridized carbons (Fsp3) is 0.413. The third kappa shape index (κ3) is 8.01. The van der Waals surface area contributed by atoms with Gasteiger partial charge in [0.2, 0.25) is 17.2 Å². The van der Waals surface area contributed by atoms with E-state index < -0.39 is 30.4 Å². The number of amides is 4. The van der Waals surface area contributed by atoms with Crippen molar-refractivity contribution in [1.82, 2.24) is 30.4 Å². The molecule has 0 unspecified atom stereocenters. The highest BCUT2D eigenvalue weighted by Gasteiger charge is 2.40. The van der Waals surface area contributed by atoms with Crippen LogP contribution < -0.4 is 16.1 Å². The Kier molecular flexibility index (Phi) is 11.9. The van der Waals surface area contributed by atoms with Gasteiger partial charge in [-0.05, 0) is 97.7 Å². The number of aromatic amines is 1. The lowest BCUT2D eigenvalue weighted by Gasteiger charge is -2.31. The van der Waals surface area contributed by atoms with Crippen LogP contribution in [-0.2, 0) is 30.2 Å². The standard InChI is InChI=1S/C46H51N7O9/c1-24(2)39(50-45(57)60-5)43(55)53-18-8-10-36(53)42-47-23-34(49-42)28-13-16-37-31(20-28)41(54)30-14-11-27(22-38(30)62-37)26-12-15-32-29(19-26)21-33(48-32)35-9-7-17-52(35)44(56)40(25(3)59-4)51-46(58)61-6/h11-16,19-20,22-25,35-36,39-40H,7-10,17-18,21H2,1-6H3,(H,47,49)(H,50,57)(H,51,58)/t25-,35+,36+,39+,40+/m1/s1. The minimum absolute atomic E-state index is 0.148. The van der Waals surface area contributed by atoms with E-state index in [4.69, 9.17) is 23.6 Å². The van der Waals surface area contributed by atoms with Crippen molar-refractivity contribution in [1.29, 1.82) is 0 Å². The number of fused-ring (bicyclic) bond motifs is 3. The summed E-state index contributed by atoms with van der Waals surface area (Å²) in [7, 11) is 4.02. The molecule has 2 fully saturated rings. The average Bonchev–Trinajstić information content (AvgIpc) is 4.12. The highest BCUT2D eigenvalue weighted by atomic mass is 16.5. The van der Waals surface area contributed by atoms with Gasteiger partial charge in [-0.2, -0.15) is 0 Å². The Hall–Kier alpha value is -6.55. The van der Waals surface area contributed by atoms with Crippen LogP contribution in [-0.4, -0.2) is 108 Å². The summed E-state index contributed by atoms with van der Waals surface area (Å²) < 4.78 is 21.3. The van der Waals surface area contributed by atoms with Crippen LogP contribution in [0.5, 0.6) is 0 Å². The molecule has 0 spiro atoms. The van der Waals surface area contributed by atoms with Crippen LogP contribution >= 0.6 is 0 Å². The second-order valence-corrected chi connectivity index (χ2v) is 16.4. The molecule has 2 saturated heterocycles. The first-order chi connectivity index (χ1) is 29.9. The largest absolute Gasteiger partial charge is 0.456 e. The number of aliphatic imine (C=N–C) groups is 1. The third-order valence-electron chi connectivity index (χ3n) is 12.4. The van der Waals surface area contributed by atoms with Crippen LogP contribution in [0.15, 0.2) is 75.0 Å². The number of carbonyl (C=O) groups excluding carboxylic acids is 4. The Morgan fingerprint density at radius 3 is 2.13 bits per heavy atom. The molecule has 5 atom stereocenters. The molecule has 4 amide bonds. The van der Waals surface area contributed by atoms with Gasteiger partial charge in [0.1, 0.15) is 29.1 Å². The maximum absolute atomic E-state index is 14.0. The lowest BCUT2D eigenvalue weighted by atomic mass is 9.97. The van der Waals surface area contributed by atoms with Crippen molar-refractivity contribution in [2.45, 2.75) is 83.1 Å². The molecule has 0 bridgehead atoms. The topological polar surface area (TPSA) is 198 Å². The molecule has 3 aliphatic rings. The summed E-state index contributed by atoms with van der Waals surface area (Å²) in [5.41, 5.74) is 6.77. The second kappa shape index (κ2) is 17.4.